The van der Waals surface area contributed by atoms with Crippen LogP contribution in [0.5, 0.6) is 0 Å². The summed E-state index contributed by atoms with van der Waals surface area (Å²) in [6, 6.07) is 0. The van der Waals surface area contributed by atoms with E-state index in [-0.39, 0.29) is 5.41 Å². The lowest BCUT2D eigenvalue weighted by molar-refractivity contribution is 0.297. The van der Waals surface area contributed by atoms with E-state index in [1.165, 1.54) is 12.8 Å². The van der Waals surface area contributed by atoms with Crippen molar-refractivity contribution in [3.63, 3.8) is 0 Å². The monoisotopic (exact) mass is 313 g/mol. The summed E-state index contributed by atoms with van der Waals surface area (Å²) < 4.78 is 5.96. The molecule has 0 bridgehead atoms. The molecule has 122 valence electrons. The van der Waals surface area contributed by atoms with Gasteiger partial charge < -0.3 is 9.32 Å². The topological polar surface area (TPSA) is 67.9 Å². The minimum absolute atomic E-state index is 0.0113. The number of nitrogens with zero attached hydrogens (tertiary/aromatic N) is 5. The van der Waals surface area contributed by atoms with Crippen LogP contribution in [0.2, 0.25) is 0 Å². The Labute approximate surface area is 136 Å². The Morgan fingerprint density at radius 2 is 2.22 bits per heavy atom. The summed E-state index contributed by atoms with van der Waals surface area (Å²) in [5, 5.41) is 8.57. The molecule has 0 spiro atoms. The van der Waals surface area contributed by atoms with Crippen molar-refractivity contribution in [3.8, 4) is 0 Å². The number of aryl methyl sites for hydroxylation is 3. The molecular formula is C17H23N5O. The zero-order valence-corrected chi connectivity index (χ0v) is 14.0. The van der Waals surface area contributed by atoms with Gasteiger partial charge >= 0.3 is 0 Å². The van der Waals surface area contributed by atoms with Gasteiger partial charge in [-0.2, -0.15) is 0 Å². The van der Waals surface area contributed by atoms with Gasteiger partial charge in [0, 0.05) is 31.4 Å². The fraction of sp³-hybridized carbons (Fsp3) is 0.647. The van der Waals surface area contributed by atoms with Crippen molar-refractivity contribution in [1.29, 1.82) is 0 Å². The van der Waals surface area contributed by atoms with Gasteiger partial charge in [0.05, 0.1) is 5.41 Å². The molecule has 2 aromatic heterocycles. The second-order valence-electron chi connectivity index (χ2n) is 6.92. The van der Waals surface area contributed by atoms with Crippen molar-refractivity contribution in [2.24, 2.45) is 5.92 Å². The summed E-state index contributed by atoms with van der Waals surface area (Å²) in [5.74, 6) is 2.94. The summed E-state index contributed by atoms with van der Waals surface area (Å²) in [7, 11) is 0. The van der Waals surface area contributed by atoms with Crippen LogP contribution in [0, 0.1) is 19.8 Å². The first-order chi connectivity index (χ1) is 11.1. The molecule has 1 saturated carbocycles. The highest BCUT2D eigenvalue weighted by atomic mass is 16.4. The number of hydrogen-bond donors (Lipinski definition) is 0. The average molecular weight is 313 g/mol. The summed E-state index contributed by atoms with van der Waals surface area (Å²) in [4.78, 5) is 11.5. The Hall–Kier alpha value is -1.98. The Morgan fingerprint density at radius 3 is 2.96 bits per heavy atom. The van der Waals surface area contributed by atoms with Gasteiger partial charge in [0.25, 0.3) is 0 Å². The fourth-order valence-corrected chi connectivity index (χ4v) is 4.06. The third-order valence-electron chi connectivity index (χ3n) is 5.56. The second kappa shape index (κ2) is 5.28. The molecule has 0 N–H and O–H groups in total. The van der Waals surface area contributed by atoms with Crippen molar-refractivity contribution in [2.45, 2.75) is 51.9 Å². The molecular weight excluding hydrogens is 290 g/mol. The summed E-state index contributed by atoms with van der Waals surface area (Å²) in [6.45, 7) is 7.99. The van der Waals surface area contributed by atoms with E-state index in [0.29, 0.717) is 5.92 Å². The third kappa shape index (κ3) is 2.23. The van der Waals surface area contributed by atoms with Gasteiger partial charge in [-0.05, 0) is 38.2 Å². The highest BCUT2D eigenvalue weighted by Gasteiger charge is 2.54. The Bertz CT molecular complexity index is 728. The molecule has 0 radical (unpaired) electrons. The van der Waals surface area contributed by atoms with E-state index < -0.39 is 0 Å². The minimum Gasteiger partial charge on any atom is -0.425 e. The lowest BCUT2D eigenvalue weighted by atomic mass is 9.80. The molecule has 2 fully saturated rings. The van der Waals surface area contributed by atoms with Crippen molar-refractivity contribution in [1.82, 2.24) is 20.2 Å². The van der Waals surface area contributed by atoms with Crippen molar-refractivity contribution < 1.29 is 4.42 Å². The van der Waals surface area contributed by atoms with Crippen LogP contribution < -0.4 is 4.90 Å². The summed E-state index contributed by atoms with van der Waals surface area (Å²) in [6.07, 6.45) is 6.27. The maximum atomic E-state index is 5.96. The number of rotatable bonds is 3. The van der Waals surface area contributed by atoms with Crippen LogP contribution in [0.3, 0.4) is 0 Å². The van der Waals surface area contributed by atoms with Crippen LogP contribution in [0.1, 0.15) is 49.2 Å². The Morgan fingerprint density at radius 1 is 1.35 bits per heavy atom. The average Bonchev–Trinajstić information content (AvgIpc) is 3.22. The molecule has 2 aromatic rings. The molecule has 0 amide bonds. The zero-order valence-electron chi connectivity index (χ0n) is 14.0. The van der Waals surface area contributed by atoms with E-state index in [2.05, 4.69) is 25.1 Å². The maximum absolute atomic E-state index is 5.96. The molecule has 2 atom stereocenters. The first kappa shape index (κ1) is 14.6. The first-order valence-electron chi connectivity index (χ1n) is 8.50. The van der Waals surface area contributed by atoms with E-state index in [1.54, 1.807) is 0 Å². The highest BCUT2D eigenvalue weighted by molar-refractivity contribution is 5.39. The lowest BCUT2D eigenvalue weighted by Crippen LogP contribution is -2.33. The predicted molar refractivity (Wildman–Crippen MR) is 86.4 cm³/mol. The minimum atomic E-state index is -0.0113. The van der Waals surface area contributed by atoms with E-state index in [1.807, 2.05) is 27.0 Å². The van der Waals surface area contributed by atoms with Crippen molar-refractivity contribution >= 4 is 5.95 Å². The Kier molecular flexibility index (Phi) is 3.36. The zero-order chi connectivity index (χ0) is 16.0. The van der Waals surface area contributed by atoms with Gasteiger partial charge in [-0.3, -0.25) is 0 Å². The molecule has 4 rings (SSSR count). The van der Waals surface area contributed by atoms with E-state index in [9.17, 15) is 0 Å². The van der Waals surface area contributed by atoms with Gasteiger partial charge in [0.2, 0.25) is 17.7 Å². The highest BCUT2D eigenvalue weighted by Crippen LogP contribution is 2.50. The largest absolute Gasteiger partial charge is 0.425 e. The quantitative estimate of drug-likeness (QED) is 0.867. The van der Waals surface area contributed by atoms with Crippen LogP contribution in [0.25, 0.3) is 0 Å². The van der Waals surface area contributed by atoms with Gasteiger partial charge in [0.15, 0.2) is 0 Å². The molecule has 6 nitrogen and oxygen atoms in total. The third-order valence-corrected chi connectivity index (χ3v) is 5.56. The molecule has 2 aliphatic rings. The predicted octanol–water partition coefficient (Wildman–Crippen LogP) is 2.60. The smallest absolute Gasteiger partial charge is 0.225 e. The van der Waals surface area contributed by atoms with Crippen LogP contribution in [-0.4, -0.2) is 33.3 Å². The molecule has 0 unspecified atom stereocenters. The number of anilines is 1. The van der Waals surface area contributed by atoms with Gasteiger partial charge in [-0.15, -0.1) is 10.2 Å². The van der Waals surface area contributed by atoms with E-state index >= 15 is 0 Å². The molecule has 1 aliphatic carbocycles. The number of hydrogen-bond acceptors (Lipinski definition) is 6. The SMILES string of the molecule is CCc1nnc([C@]23CCC[C@H]2CN(c2ncc(C)c(C)n2)C3)o1. The van der Waals surface area contributed by atoms with Gasteiger partial charge in [-0.25, -0.2) is 9.97 Å². The van der Waals surface area contributed by atoms with Crippen LogP contribution in [-0.2, 0) is 11.8 Å². The summed E-state index contributed by atoms with van der Waals surface area (Å²) >= 11 is 0. The lowest BCUT2D eigenvalue weighted by Gasteiger charge is -2.24. The van der Waals surface area contributed by atoms with Crippen molar-refractivity contribution in [2.75, 3.05) is 18.0 Å². The maximum Gasteiger partial charge on any atom is 0.225 e. The second-order valence-corrected chi connectivity index (χ2v) is 6.92. The molecule has 3 heterocycles. The Balaban J connectivity index is 1.66. The molecule has 1 saturated heterocycles. The standard InChI is InChI=1S/C17H23N5O/c1-4-14-20-21-15(23-14)17-7-5-6-13(17)9-22(10-17)16-18-8-11(2)12(3)19-16/h8,13H,4-7,9-10H2,1-3H3/t13-,17-/m0/s1. The van der Waals surface area contributed by atoms with Crippen molar-refractivity contribution in [3.05, 3.63) is 29.2 Å². The molecule has 0 aromatic carbocycles. The molecule has 23 heavy (non-hydrogen) atoms. The van der Waals surface area contributed by atoms with Gasteiger partial charge in [-0.1, -0.05) is 13.3 Å². The number of aromatic nitrogens is 4. The van der Waals surface area contributed by atoms with E-state index in [0.717, 1.165) is 54.9 Å². The van der Waals surface area contributed by atoms with Crippen LogP contribution in [0.4, 0.5) is 5.95 Å². The van der Waals surface area contributed by atoms with Crippen LogP contribution in [0.15, 0.2) is 10.6 Å². The molecule has 1 aliphatic heterocycles. The first-order valence-corrected chi connectivity index (χ1v) is 8.50. The van der Waals surface area contributed by atoms with Gasteiger partial charge in [0.1, 0.15) is 0 Å². The normalized spacial score (nSPS) is 26.7. The fourth-order valence-electron chi connectivity index (χ4n) is 4.06. The molecule has 6 heteroatoms. The van der Waals surface area contributed by atoms with E-state index in [4.69, 9.17) is 4.42 Å². The summed E-state index contributed by atoms with van der Waals surface area (Å²) in [5.41, 5.74) is 2.17. The van der Waals surface area contributed by atoms with Crippen LogP contribution >= 0.6 is 0 Å². The number of fused-ring (bicyclic) bond motifs is 1.